The molecule has 0 aromatic carbocycles. The maximum Gasteiger partial charge on any atom is 0.409 e. The Balaban J connectivity index is 1.75. The number of amides is 1. The zero-order valence-corrected chi connectivity index (χ0v) is 19.2. The van der Waals surface area contributed by atoms with E-state index in [1.165, 1.54) is 27.8 Å². The topological polar surface area (TPSA) is 64.4 Å². The highest BCUT2D eigenvalue weighted by Gasteiger charge is 2.46. The highest BCUT2D eigenvalue weighted by Crippen LogP contribution is 2.40. The molecule has 6 nitrogen and oxygen atoms in total. The van der Waals surface area contributed by atoms with Gasteiger partial charge in [0.2, 0.25) is 0 Å². The van der Waals surface area contributed by atoms with Gasteiger partial charge in [-0.1, -0.05) is 31.8 Å². The summed E-state index contributed by atoms with van der Waals surface area (Å²) in [4.78, 5) is 30.2. The Morgan fingerprint density at radius 2 is 2.03 bits per heavy atom. The Hall–Kier alpha value is -2.55. The molecule has 1 aliphatic heterocycles. The summed E-state index contributed by atoms with van der Waals surface area (Å²) in [6.07, 6.45) is 2.07. The van der Waals surface area contributed by atoms with Gasteiger partial charge in [0, 0.05) is 46.0 Å². The second-order valence-electron chi connectivity index (χ2n) is 9.18. The Morgan fingerprint density at radius 3 is 2.71 bits per heavy atom. The molecule has 1 aliphatic rings. The fourth-order valence-corrected chi connectivity index (χ4v) is 4.21. The number of pyridine rings is 2. The molecule has 168 valence electrons. The Bertz CT molecular complexity index is 960. The molecule has 3 heterocycles. The van der Waals surface area contributed by atoms with Gasteiger partial charge in [-0.25, -0.2) is 13.6 Å². The summed E-state index contributed by atoms with van der Waals surface area (Å²) in [6, 6.07) is 8.88. The van der Waals surface area contributed by atoms with Crippen LogP contribution in [0.2, 0.25) is 25.7 Å². The number of halogens is 2. The van der Waals surface area contributed by atoms with E-state index >= 15 is 0 Å². The molecule has 1 atom stereocenters. The summed E-state index contributed by atoms with van der Waals surface area (Å²) in [5.41, 5.74) is 0.682. The van der Waals surface area contributed by atoms with Gasteiger partial charge in [-0.15, -0.1) is 0 Å². The monoisotopic (exact) mass is 449 g/mol. The third kappa shape index (κ3) is 6.22. The molecule has 31 heavy (non-hydrogen) atoms. The van der Waals surface area contributed by atoms with E-state index in [1.54, 1.807) is 24.4 Å². The Labute approximate surface area is 181 Å². The van der Waals surface area contributed by atoms with Crippen molar-refractivity contribution in [3.63, 3.8) is 0 Å². The second kappa shape index (κ2) is 9.29. The van der Waals surface area contributed by atoms with Crippen LogP contribution in [0.25, 0.3) is 0 Å². The molecule has 3 rings (SSSR count). The molecule has 1 saturated heterocycles. The van der Waals surface area contributed by atoms with E-state index < -0.39 is 32.4 Å². The van der Waals surface area contributed by atoms with Gasteiger partial charge in [0.1, 0.15) is 0 Å². The average molecular weight is 450 g/mol. The largest absolute Gasteiger partial charge is 0.450 e. The van der Waals surface area contributed by atoms with Crippen LogP contribution in [0.5, 0.6) is 0 Å². The van der Waals surface area contributed by atoms with Crippen molar-refractivity contribution in [3.05, 3.63) is 64.3 Å². The zero-order chi connectivity index (χ0) is 22.6. The Morgan fingerprint density at radius 1 is 1.26 bits per heavy atom. The van der Waals surface area contributed by atoms with Crippen LogP contribution >= 0.6 is 0 Å². The van der Waals surface area contributed by atoms with Crippen molar-refractivity contribution in [2.45, 2.75) is 50.5 Å². The molecule has 2 aromatic rings. The van der Waals surface area contributed by atoms with Gasteiger partial charge in [-0.05, 0) is 23.7 Å². The van der Waals surface area contributed by atoms with Crippen molar-refractivity contribution in [1.29, 1.82) is 0 Å². The summed E-state index contributed by atoms with van der Waals surface area (Å²) in [5.74, 6) is -4.19. The number of alkyl halides is 2. The van der Waals surface area contributed by atoms with Crippen LogP contribution in [0.15, 0.2) is 47.5 Å². The first-order chi connectivity index (χ1) is 14.5. The number of aromatic nitrogens is 2. The van der Waals surface area contributed by atoms with E-state index in [0.29, 0.717) is 17.9 Å². The molecular formula is C22H29F2N3O3Si. The van der Waals surface area contributed by atoms with E-state index in [9.17, 15) is 18.4 Å². The van der Waals surface area contributed by atoms with Crippen molar-refractivity contribution in [3.8, 4) is 0 Å². The van der Waals surface area contributed by atoms with E-state index in [-0.39, 0.29) is 25.2 Å². The lowest BCUT2D eigenvalue weighted by atomic mass is 9.88. The van der Waals surface area contributed by atoms with Crippen molar-refractivity contribution in [1.82, 2.24) is 14.5 Å². The smallest absolute Gasteiger partial charge is 0.409 e. The number of hydrogen-bond acceptors (Lipinski definition) is 4. The van der Waals surface area contributed by atoms with Crippen LogP contribution in [-0.4, -0.2) is 54.2 Å². The van der Waals surface area contributed by atoms with Crippen molar-refractivity contribution in [2.24, 2.45) is 0 Å². The van der Waals surface area contributed by atoms with Gasteiger partial charge in [0.15, 0.2) is 0 Å². The molecular weight excluding hydrogens is 420 g/mol. The zero-order valence-electron chi connectivity index (χ0n) is 18.2. The molecule has 1 unspecified atom stereocenters. The lowest BCUT2D eigenvalue weighted by Crippen LogP contribution is -2.48. The molecule has 0 N–H and O–H groups in total. The first kappa shape index (κ1) is 23.1. The number of carbonyl (C=O) groups is 1. The number of likely N-dealkylation sites (tertiary alicyclic amines) is 1. The molecule has 1 fully saturated rings. The molecule has 2 aromatic heterocycles. The molecule has 0 aliphatic carbocycles. The van der Waals surface area contributed by atoms with Gasteiger partial charge in [-0.2, -0.15) is 0 Å². The fourth-order valence-electron chi connectivity index (χ4n) is 3.50. The second-order valence-corrected chi connectivity index (χ2v) is 14.8. The van der Waals surface area contributed by atoms with Gasteiger partial charge >= 0.3 is 6.09 Å². The lowest BCUT2D eigenvalue weighted by molar-refractivity contribution is -0.0723. The van der Waals surface area contributed by atoms with E-state index in [1.807, 2.05) is 0 Å². The molecule has 0 radical (unpaired) electrons. The minimum absolute atomic E-state index is 0.0527. The first-order valence-corrected chi connectivity index (χ1v) is 14.2. The van der Waals surface area contributed by atoms with Gasteiger partial charge in [0.25, 0.3) is 11.5 Å². The predicted octanol–water partition coefficient (Wildman–Crippen LogP) is 4.19. The summed E-state index contributed by atoms with van der Waals surface area (Å²) in [5, 5.41) is 0. The van der Waals surface area contributed by atoms with Gasteiger partial charge < -0.3 is 14.2 Å². The predicted molar refractivity (Wildman–Crippen MR) is 117 cm³/mol. The average Bonchev–Trinajstić information content (AvgIpc) is 2.69. The van der Waals surface area contributed by atoms with Crippen LogP contribution in [0.4, 0.5) is 13.6 Å². The minimum atomic E-state index is -2.98. The van der Waals surface area contributed by atoms with Crippen molar-refractivity contribution in [2.75, 3.05) is 19.7 Å². The summed E-state index contributed by atoms with van der Waals surface area (Å²) < 4.78 is 36.3. The van der Waals surface area contributed by atoms with Crippen LogP contribution in [0.1, 0.15) is 23.6 Å². The quantitative estimate of drug-likeness (QED) is 0.621. The molecule has 1 amide bonds. The molecule has 0 saturated carbocycles. The van der Waals surface area contributed by atoms with Crippen LogP contribution in [0.3, 0.4) is 0 Å². The number of rotatable bonds is 6. The normalized spacial score (nSPS) is 18.6. The number of piperidine rings is 1. The van der Waals surface area contributed by atoms with E-state index in [2.05, 4.69) is 24.6 Å². The number of nitrogens with zero attached hydrogens (tertiary/aromatic N) is 3. The number of carbonyl (C=O) groups excluding carboxylic acids is 1. The standard InChI is InChI=1S/C22H29F2N3O3Si/c1-31(2,3)13-12-30-21(29)26-11-9-22(23,24)19(16-26)17-7-8-20(28)27(14-17)15-18-6-4-5-10-25-18/h4-8,10,14,19H,9,11-13,15-16H2,1-3H3. The molecule has 0 spiro atoms. The molecule has 9 heteroatoms. The van der Waals surface area contributed by atoms with Crippen molar-refractivity contribution < 1.29 is 18.3 Å². The summed E-state index contributed by atoms with van der Waals surface area (Å²) in [6.45, 7) is 6.83. The highest BCUT2D eigenvalue weighted by molar-refractivity contribution is 6.76. The number of hydrogen-bond donors (Lipinski definition) is 0. The van der Waals surface area contributed by atoms with E-state index in [4.69, 9.17) is 4.74 Å². The summed E-state index contributed by atoms with van der Waals surface area (Å²) in [7, 11) is -1.36. The van der Waals surface area contributed by atoms with Crippen LogP contribution < -0.4 is 5.56 Å². The van der Waals surface area contributed by atoms with E-state index in [0.717, 1.165) is 6.04 Å². The Kier molecular flexibility index (Phi) is 6.93. The van der Waals surface area contributed by atoms with Gasteiger partial charge in [0.05, 0.1) is 24.8 Å². The highest BCUT2D eigenvalue weighted by atomic mass is 28.3. The third-order valence-electron chi connectivity index (χ3n) is 5.43. The first-order valence-electron chi connectivity index (χ1n) is 10.4. The van der Waals surface area contributed by atoms with Gasteiger partial charge in [-0.3, -0.25) is 9.78 Å². The van der Waals surface area contributed by atoms with Crippen LogP contribution in [-0.2, 0) is 11.3 Å². The minimum Gasteiger partial charge on any atom is -0.450 e. The molecule has 0 bridgehead atoms. The van der Waals surface area contributed by atoms with Crippen LogP contribution in [0, 0.1) is 0 Å². The third-order valence-corrected chi connectivity index (χ3v) is 7.13. The SMILES string of the molecule is C[Si](C)(C)CCOC(=O)N1CCC(F)(F)C(c2ccc(=O)n(Cc3ccccn3)c2)C1. The fraction of sp³-hybridized carbons (Fsp3) is 0.500. The maximum absolute atomic E-state index is 14.8. The van der Waals surface area contributed by atoms with Crippen molar-refractivity contribution >= 4 is 14.2 Å². The lowest BCUT2D eigenvalue weighted by Gasteiger charge is -2.38. The number of ether oxygens (including phenoxy) is 1. The summed E-state index contributed by atoms with van der Waals surface area (Å²) >= 11 is 0. The maximum atomic E-state index is 14.8.